The number of pyridine rings is 1. The van der Waals surface area contributed by atoms with Gasteiger partial charge in [-0.15, -0.1) is 0 Å². The summed E-state index contributed by atoms with van der Waals surface area (Å²) >= 11 is 7.96. The van der Waals surface area contributed by atoms with Crippen LogP contribution in [-0.2, 0) is 6.18 Å². The van der Waals surface area contributed by atoms with Crippen LogP contribution in [0, 0.1) is 0 Å². The molecule has 116 valence electrons. The second-order valence-corrected chi connectivity index (χ2v) is 5.47. The number of hydrogen-bond donors (Lipinski definition) is 2. The second-order valence-electron chi connectivity index (χ2n) is 4.11. The molecule has 2 rings (SSSR count). The Morgan fingerprint density at radius 3 is 2.45 bits per heavy atom. The normalized spacial score (nSPS) is 11.1. The molecular weight excluding hydrogens is 383 g/mol. The number of nitrogens with one attached hydrogen (secondary N) is 1. The fraction of sp³-hybridized carbons (Fsp3) is 0.0769. The zero-order chi connectivity index (χ0) is 16.3. The Morgan fingerprint density at radius 2 is 1.91 bits per heavy atom. The van der Waals surface area contributed by atoms with Crippen molar-refractivity contribution in [3.63, 3.8) is 0 Å². The zero-order valence-corrected chi connectivity index (χ0v) is 13.2. The Labute approximate surface area is 137 Å². The first-order valence-corrected chi connectivity index (χ1v) is 7.03. The molecule has 4 nitrogen and oxygen atoms in total. The summed E-state index contributed by atoms with van der Waals surface area (Å²) in [5.74, 6) is 0.747. The number of anilines is 1. The lowest BCUT2D eigenvalue weighted by molar-refractivity contribution is -0.137. The van der Waals surface area contributed by atoms with Gasteiger partial charge in [0.25, 0.3) is 0 Å². The van der Waals surface area contributed by atoms with Crippen LogP contribution in [0.1, 0.15) is 5.56 Å². The van der Waals surface area contributed by atoms with Gasteiger partial charge in [-0.1, -0.05) is 0 Å². The molecule has 0 bridgehead atoms. The summed E-state index contributed by atoms with van der Waals surface area (Å²) in [6, 6.07) is 5.89. The van der Waals surface area contributed by atoms with Crippen LogP contribution >= 0.6 is 28.1 Å². The van der Waals surface area contributed by atoms with Crippen molar-refractivity contribution < 1.29 is 17.9 Å². The van der Waals surface area contributed by atoms with E-state index in [1.54, 1.807) is 6.07 Å². The van der Waals surface area contributed by atoms with Gasteiger partial charge in [0, 0.05) is 16.7 Å². The molecule has 0 spiro atoms. The molecule has 2 aromatic rings. The molecule has 0 saturated heterocycles. The molecule has 1 aromatic heterocycles. The smallest absolute Gasteiger partial charge is 0.416 e. The number of benzene rings is 1. The number of ether oxygens (including phenoxy) is 1. The Hall–Kier alpha value is -1.87. The third-order valence-corrected chi connectivity index (χ3v) is 3.01. The number of hydrogen-bond acceptors (Lipinski definition) is 3. The van der Waals surface area contributed by atoms with Crippen molar-refractivity contribution in [1.29, 1.82) is 0 Å². The van der Waals surface area contributed by atoms with Crippen LogP contribution in [0.25, 0.3) is 0 Å². The van der Waals surface area contributed by atoms with E-state index < -0.39 is 11.7 Å². The summed E-state index contributed by atoms with van der Waals surface area (Å²) in [7, 11) is 0. The molecule has 0 aliphatic carbocycles. The summed E-state index contributed by atoms with van der Waals surface area (Å²) in [5, 5.41) is 2.62. The quantitative estimate of drug-likeness (QED) is 0.763. The van der Waals surface area contributed by atoms with Crippen LogP contribution in [0.3, 0.4) is 0 Å². The number of aromatic nitrogens is 1. The van der Waals surface area contributed by atoms with Crippen LogP contribution in [-0.4, -0.2) is 10.1 Å². The lowest BCUT2D eigenvalue weighted by atomic mass is 10.2. The highest BCUT2D eigenvalue weighted by molar-refractivity contribution is 9.10. The fourth-order valence-electron chi connectivity index (χ4n) is 1.55. The molecular formula is C13H9BrF3N3OS. The molecule has 0 saturated carbocycles. The maximum Gasteiger partial charge on any atom is 0.416 e. The minimum atomic E-state index is -4.39. The number of nitrogens with zero attached hydrogens (tertiary/aromatic N) is 1. The monoisotopic (exact) mass is 391 g/mol. The predicted molar refractivity (Wildman–Crippen MR) is 83.9 cm³/mol. The van der Waals surface area contributed by atoms with E-state index in [4.69, 9.17) is 22.7 Å². The average molecular weight is 392 g/mol. The molecule has 22 heavy (non-hydrogen) atoms. The molecule has 0 aliphatic rings. The van der Waals surface area contributed by atoms with Gasteiger partial charge in [0.05, 0.1) is 5.56 Å². The molecule has 1 aromatic carbocycles. The van der Waals surface area contributed by atoms with E-state index in [1.807, 2.05) is 0 Å². The van der Waals surface area contributed by atoms with Crippen molar-refractivity contribution >= 4 is 39.1 Å². The first-order valence-electron chi connectivity index (χ1n) is 5.83. The van der Waals surface area contributed by atoms with Crippen molar-refractivity contribution in [1.82, 2.24) is 4.98 Å². The first-order chi connectivity index (χ1) is 10.3. The zero-order valence-electron chi connectivity index (χ0n) is 10.8. The second kappa shape index (κ2) is 6.49. The Morgan fingerprint density at radius 1 is 1.27 bits per heavy atom. The van der Waals surface area contributed by atoms with Gasteiger partial charge in [-0.05, 0) is 52.4 Å². The molecule has 0 unspecified atom stereocenters. The number of halogens is 4. The predicted octanol–water partition coefficient (Wildman–Crippen LogP) is 4.31. The van der Waals surface area contributed by atoms with E-state index in [-0.39, 0.29) is 22.4 Å². The van der Waals surface area contributed by atoms with Crippen molar-refractivity contribution in [2.45, 2.75) is 6.18 Å². The van der Waals surface area contributed by atoms with Crippen LogP contribution in [0.4, 0.5) is 19.0 Å². The van der Waals surface area contributed by atoms with Crippen molar-refractivity contribution in [3.8, 4) is 11.5 Å². The van der Waals surface area contributed by atoms with Crippen molar-refractivity contribution in [2.24, 2.45) is 5.73 Å². The largest absolute Gasteiger partial charge is 0.453 e. The highest BCUT2D eigenvalue weighted by atomic mass is 79.9. The highest BCUT2D eigenvalue weighted by Gasteiger charge is 2.30. The van der Waals surface area contributed by atoms with E-state index in [0.29, 0.717) is 4.47 Å². The van der Waals surface area contributed by atoms with Crippen molar-refractivity contribution in [3.05, 3.63) is 46.6 Å². The maximum absolute atomic E-state index is 12.5. The van der Waals surface area contributed by atoms with Crippen LogP contribution < -0.4 is 15.8 Å². The van der Waals surface area contributed by atoms with Gasteiger partial charge in [0.1, 0.15) is 5.75 Å². The topological polar surface area (TPSA) is 60.2 Å². The maximum atomic E-state index is 12.5. The molecule has 0 radical (unpaired) electrons. The molecule has 0 fully saturated rings. The van der Waals surface area contributed by atoms with Crippen molar-refractivity contribution in [2.75, 3.05) is 5.32 Å². The highest BCUT2D eigenvalue weighted by Crippen LogP contribution is 2.33. The van der Waals surface area contributed by atoms with E-state index >= 15 is 0 Å². The standard InChI is InChI=1S/C13H9BrF3N3OS/c14-8-5-10(11(19-6-8)20-12(18)22)21-9-3-1-7(2-4-9)13(15,16)17/h1-6H,(H3,18,19,20,22). The summed E-state index contributed by atoms with van der Waals surface area (Å²) in [6.45, 7) is 0. The van der Waals surface area contributed by atoms with Gasteiger partial charge in [-0.3, -0.25) is 0 Å². The lowest BCUT2D eigenvalue weighted by Gasteiger charge is -2.12. The minimum absolute atomic E-state index is 0.00732. The van der Waals surface area contributed by atoms with E-state index in [9.17, 15) is 13.2 Å². The third-order valence-electron chi connectivity index (χ3n) is 2.47. The van der Waals surface area contributed by atoms with Crippen LogP contribution in [0.2, 0.25) is 0 Å². The molecule has 3 N–H and O–H groups in total. The van der Waals surface area contributed by atoms with Gasteiger partial charge >= 0.3 is 6.18 Å². The third kappa shape index (κ3) is 4.31. The number of nitrogens with two attached hydrogens (primary N) is 1. The molecule has 1 heterocycles. The van der Waals surface area contributed by atoms with Gasteiger partial charge in [-0.25, -0.2) is 4.98 Å². The molecule has 9 heteroatoms. The van der Waals surface area contributed by atoms with E-state index in [1.165, 1.54) is 18.3 Å². The summed E-state index contributed by atoms with van der Waals surface area (Å²) in [6.07, 6.45) is -2.89. The summed E-state index contributed by atoms with van der Waals surface area (Å²) in [4.78, 5) is 4.04. The number of alkyl halides is 3. The van der Waals surface area contributed by atoms with Gasteiger partial charge < -0.3 is 15.8 Å². The Kier molecular flexibility index (Phi) is 4.87. The van der Waals surface area contributed by atoms with Gasteiger partial charge in [-0.2, -0.15) is 13.2 Å². The van der Waals surface area contributed by atoms with E-state index in [2.05, 4.69) is 26.2 Å². The first kappa shape index (κ1) is 16.5. The van der Waals surface area contributed by atoms with Gasteiger partial charge in [0.15, 0.2) is 16.7 Å². The Balaban J connectivity index is 2.26. The van der Waals surface area contributed by atoms with Crippen LogP contribution in [0.15, 0.2) is 41.0 Å². The SMILES string of the molecule is NC(=S)Nc1ncc(Br)cc1Oc1ccc(C(F)(F)F)cc1. The summed E-state index contributed by atoms with van der Waals surface area (Å²) in [5.41, 5.74) is 4.62. The number of rotatable bonds is 3. The summed E-state index contributed by atoms with van der Waals surface area (Å²) < 4.78 is 43.7. The van der Waals surface area contributed by atoms with Crippen LogP contribution in [0.5, 0.6) is 11.5 Å². The average Bonchev–Trinajstić information content (AvgIpc) is 2.41. The molecule has 0 amide bonds. The Bertz CT molecular complexity index is 692. The van der Waals surface area contributed by atoms with Gasteiger partial charge in [0.2, 0.25) is 0 Å². The molecule has 0 aliphatic heterocycles. The minimum Gasteiger partial charge on any atom is -0.453 e. The number of thiocarbonyl (C=S) groups is 1. The fourth-order valence-corrected chi connectivity index (χ4v) is 1.95. The van der Waals surface area contributed by atoms with E-state index in [0.717, 1.165) is 12.1 Å². The lowest BCUT2D eigenvalue weighted by Crippen LogP contribution is -2.20. The molecule has 0 atom stereocenters.